The fourth-order valence-corrected chi connectivity index (χ4v) is 4.04. The number of esters is 1. The topological polar surface area (TPSA) is 153 Å². The van der Waals surface area contributed by atoms with Gasteiger partial charge in [0.25, 0.3) is 0 Å². The Morgan fingerprint density at radius 2 is 1.70 bits per heavy atom. The molecule has 0 bridgehead atoms. The molecule has 0 aromatic heterocycles. The molecule has 9 heteroatoms. The summed E-state index contributed by atoms with van der Waals surface area (Å²) in [7, 11) is 0. The van der Waals surface area contributed by atoms with Crippen LogP contribution >= 0.6 is 0 Å². The summed E-state index contributed by atoms with van der Waals surface area (Å²) in [4.78, 5) is 60.1. The number of carbonyl (C=O) groups is 5. The van der Waals surface area contributed by atoms with Crippen molar-refractivity contribution in [1.29, 1.82) is 0 Å². The molecule has 3 atom stereocenters. The van der Waals surface area contributed by atoms with E-state index in [4.69, 9.17) is 15.6 Å². The SMILES string of the molecule is NC(=O)C1CCC(C(=O)NC(OC(=O)Cc2cccc3ccccc23)C(=O)CCC(=O)O)C1. The highest BCUT2D eigenvalue weighted by Crippen LogP contribution is 2.31. The van der Waals surface area contributed by atoms with Gasteiger partial charge in [-0.25, -0.2) is 0 Å². The number of hydrogen-bond acceptors (Lipinski definition) is 6. The lowest BCUT2D eigenvalue weighted by atomic mass is 10.0. The number of nitrogens with one attached hydrogen (secondary N) is 1. The maximum atomic E-state index is 12.7. The molecular formula is C24H26N2O7. The number of rotatable bonds is 10. The van der Waals surface area contributed by atoms with Gasteiger partial charge in [-0.05, 0) is 35.6 Å². The molecule has 0 radical (unpaired) electrons. The average Bonchev–Trinajstić information content (AvgIpc) is 3.28. The van der Waals surface area contributed by atoms with Crippen LogP contribution in [0.15, 0.2) is 42.5 Å². The normalized spacial score (nSPS) is 18.4. The Kier molecular flexibility index (Phi) is 7.76. The second-order valence-corrected chi connectivity index (χ2v) is 8.16. The molecule has 2 aromatic carbocycles. The van der Waals surface area contributed by atoms with Crippen molar-refractivity contribution in [3.05, 3.63) is 48.0 Å². The molecule has 2 aromatic rings. The summed E-state index contributed by atoms with van der Waals surface area (Å²) in [5, 5.41) is 13.1. The van der Waals surface area contributed by atoms with Crippen LogP contribution in [0.5, 0.6) is 0 Å². The van der Waals surface area contributed by atoms with Crippen LogP contribution in [0.25, 0.3) is 10.8 Å². The lowest BCUT2D eigenvalue weighted by Gasteiger charge is -2.20. The van der Waals surface area contributed by atoms with Gasteiger partial charge in [0.15, 0.2) is 5.78 Å². The van der Waals surface area contributed by atoms with E-state index in [0.717, 1.165) is 10.8 Å². The van der Waals surface area contributed by atoms with Gasteiger partial charge in [-0.2, -0.15) is 0 Å². The van der Waals surface area contributed by atoms with Crippen molar-refractivity contribution in [1.82, 2.24) is 5.32 Å². The second-order valence-electron chi connectivity index (χ2n) is 8.16. The minimum Gasteiger partial charge on any atom is -0.481 e. The molecule has 0 saturated heterocycles. The van der Waals surface area contributed by atoms with Gasteiger partial charge >= 0.3 is 11.9 Å². The van der Waals surface area contributed by atoms with Crippen LogP contribution in [0.2, 0.25) is 0 Å². The third-order valence-corrected chi connectivity index (χ3v) is 5.82. The first-order valence-corrected chi connectivity index (χ1v) is 10.7. The minimum atomic E-state index is -1.60. The number of primary amides is 1. The zero-order valence-electron chi connectivity index (χ0n) is 18.0. The number of Topliss-reactive ketones (excluding diaryl/α,β-unsaturated/α-hetero) is 1. The number of carbonyl (C=O) groups excluding carboxylic acids is 4. The Hall–Kier alpha value is -3.75. The molecule has 0 heterocycles. The van der Waals surface area contributed by atoms with Crippen LogP contribution in [-0.4, -0.2) is 40.9 Å². The highest BCUT2D eigenvalue weighted by atomic mass is 16.6. The van der Waals surface area contributed by atoms with Gasteiger partial charge in [-0.15, -0.1) is 0 Å². The summed E-state index contributed by atoms with van der Waals surface area (Å²) >= 11 is 0. The zero-order valence-corrected chi connectivity index (χ0v) is 18.0. The van der Waals surface area contributed by atoms with Gasteiger partial charge in [0.05, 0.1) is 12.8 Å². The summed E-state index contributed by atoms with van der Waals surface area (Å²) in [6.07, 6.45) is -1.47. The Morgan fingerprint density at radius 1 is 1.00 bits per heavy atom. The van der Waals surface area contributed by atoms with Gasteiger partial charge in [-0.3, -0.25) is 24.0 Å². The highest BCUT2D eigenvalue weighted by molar-refractivity contribution is 5.93. The van der Waals surface area contributed by atoms with Crippen molar-refractivity contribution in [2.24, 2.45) is 17.6 Å². The standard InChI is InChI=1S/C24H26N2O7/c25-22(31)16-8-9-17(12-16)23(32)26-24(19(27)10-11-20(28)29)33-21(30)13-15-6-3-5-14-4-1-2-7-18(14)15/h1-7,16-17,24H,8-13H2,(H2,25,31)(H,26,32)(H,28,29). The molecule has 1 fully saturated rings. The lowest BCUT2D eigenvalue weighted by molar-refractivity contribution is -0.158. The van der Waals surface area contributed by atoms with Gasteiger partial charge in [0.1, 0.15) is 0 Å². The first kappa shape index (κ1) is 23.9. The van der Waals surface area contributed by atoms with E-state index in [1.807, 2.05) is 30.3 Å². The van der Waals surface area contributed by atoms with Crippen molar-refractivity contribution < 1.29 is 33.8 Å². The molecule has 3 unspecified atom stereocenters. The Labute approximate surface area is 190 Å². The van der Waals surface area contributed by atoms with E-state index in [1.54, 1.807) is 12.1 Å². The van der Waals surface area contributed by atoms with Crippen LogP contribution in [0, 0.1) is 11.8 Å². The number of aliphatic carboxylic acids is 1. The Morgan fingerprint density at radius 3 is 2.39 bits per heavy atom. The number of hydrogen-bond donors (Lipinski definition) is 3. The van der Waals surface area contributed by atoms with E-state index in [-0.39, 0.29) is 12.8 Å². The fourth-order valence-electron chi connectivity index (χ4n) is 4.04. The molecule has 0 spiro atoms. The van der Waals surface area contributed by atoms with Gasteiger partial charge < -0.3 is 20.9 Å². The monoisotopic (exact) mass is 454 g/mol. The summed E-state index contributed by atoms with van der Waals surface area (Å²) < 4.78 is 5.30. The number of nitrogens with two attached hydrogens (primary N) is 1. The molecule has 2 amide bonds. The van der Waals surface area contributed by atoms with Gasteiger partial charge in [-0.1, -0.05) is 42.5 Å². The maximum absolute atomic E-state index is 12.7. The molecular weight excluding hydrogens is 428 g/mol. The average molecular weight is 454 g/mol. The third-order valence-electron chi connectivity index (χ3n) is 5.82. The Balaban J connectivity index is 1.70. The van der Waals surface area contributed by atoms with E-state index in [1.165, 1.54) is 0 Å². The van der Waals surface area contributed by atoms with Crippen LogP contribution in [0.3, 0.4) is 0 Å². The summed E-state index contributed by atoms with van der Waals surface area (Å²) in [6.45, 7) is 0. The Bertz CT molecular complexity index is 1080. The smallest absolute Gasteiger partial charge is 0.312 e. The first-order chi connectivity index (χ1) is 15.7. The number of amides is 2. The molecule has 0 aliphatic heterocycles. The third kappa shape index (κ3) is 6.38. The van der Waals surface area contributed by atoms with E-state index < -0.39 is 60.4 Å². The second kappa shape index (κ2) is 10.7. The summed E-state index contributed by atoms with van der Waals surface area (Å²) in [5.74, 6) is -4.63. The van der Waals surface area contributed by atoms with Crippen molar-refractivity contribution in [3.8, 4) is 0 Å². The van der Waals surface area contributed by atoms with Gasteiger partial charge in [0, 0.05) is 18.3 Å². The van der Waals surface area contributed by atoms with Crippen LogP contribution in [0.1, 0.15) is 37.7 Å². The molecule has 4 N–H and O–H groups in total. The van der Waals surface area contributed by atoms with Gasteiger partial charge in [0.2, 0.25) is 18.0 Å². The predicted molar refractivity (Wildman–Crippen MR) is 118 cm³/mol. The van der Waals surface area contributed by atoms with E-state index in [9.17, 15) is 24.0 Å². The molecule has 1 aliphatic carbocycles. The fraction of sp³-hybridized carbons (Fsp3) is 0.375. The molecule has 3 rings (SSSR count). The first-order valence-electron chi connectivity index (χ1n) is 10.7. The van der Waals surface area contributed by atoms with E-state index in [2.05, 4.69) is 5.32 Å². The van der Waals surface area contributed by atoms with Crippen LogP contribution in [-0.2, 0) is 35.1 Å². The van der Waals surface area contributed by atoms with E-state index in [0.29, 0.717) is 18.4 Å². The number of fused-ring (bicyclic) bond motifs is 1. The van der Waals surface area contributed by atoms with Crippen molar-refractivity contribution in [2.45, 2.75) is 44.8 Å². The molecule has 174 valence electrons. The minimum absolute atomic E-state index is 0.132. The summed E-state index contributed by atoms with van der Waals surface area (Å²) in [5.41, 5.74) is 6.00. The van der Waals surface area contributed by atoms with Crippen LogP contribution < -0.4 is 11.1 Å². The van der Waals surface area contributed by atoms with Crippen molar-refractivity contribution in [2.75, 3.05) is 0 Å². The quantitative estimate of drug-likeness (QED) is 0.365. The number of carboxylic acids is 1. The predicted octanol–water partition coefficient (Wildman–Crippen LogP) is 1.70. The largest absolute Gasteiger partial charge is 0.481 e. The van der Waals surface area contributed by atoms with Crippen LogP contribution in [0.4, 0.5) is 0 Å². The molecule has 9 nitrogen and oxygen atoms in total. The summed E-state index contributed by atoms with van der Waals surface area (Å²) in [6, 6.07) is 13.0. The number of benzene rings is 2. The van der Waals surface area contributed by atoms with E-state index >= 15 is 0 Å². The van der Waals surface area contributed by atoms with Crippen molar-refractivity contribution in [3.63, 3.8) is 0 Å². The highest BCUT2D eigenvalue weighted by Gasteiger charge is 2.35. The maximum Gasteiger partial charge on any atom is 0.312 e. The number of ketones is 1. The molecule has 1 aliphatic rings. The lowest BCUT2D eigenvalue weighted by Crippen LogP contribution is -2.46. The molecule has 1 saturated carbocycles. The number of carboxylic acid groups (broad SMARTS) is 1. The number of ether oxygens (including phenoxy) is 1. The molecule has 33 heavy (non-hydrogen) atoms. The zero-order chi connectivity index (χ0) is 24.0. The van der Waals surface area contributed by atoms with Crippen molar-refractivity contribution >= 4 is 40.3 Å².